The Morgan fingerprint density at radius 3 is 2.29 bits per heavy atom. The first-order chi connectivity index (χ1) is 12.9. The molecule has 0 saturated heterocycles. The molecule has 2 aromatic carbocycles. The van der Waals surface area contributed by atoms with Crippen LogP contribution in [0.2, 0.25) is 5.02 Å². The standard InChI is InChI=1S/C18H18ClF3N2O3S/c1-3-16(24(28(2,26)27)13-7-5-4-6-8-13)17(25)23-15-11-12(18(20,21)22)9-10-14(15)19/h4-11,16H,3H2,1-2H3,(H,23,25). The normalized spacial score (nSPS) is 13.1. The number of benzene rings is 2. The topological polar surface area (TPSA) is 66.5 Å². The third-order valence-corrected chi connectivity index (χ3v) is 5.40. The van der Waals surface area contributed by atoms with Gasteiger partial charge in [-0.25, -0.2) is 8.42 Å². The van der Waals surface area contributed by atoms with Gasteiger partial charge in [-0.15, -0.1) is 0 Å². The first-order valence-electron chi connectivity index (χ1n) is 8.17. The second kappa shape index (κ2) is 8.40. The lowest BCUT2D eigenvalue weighted by atomic mass is 10.1. The molecule has 2 rings (SSSR count). The summed E-state index contributed by atoms with van der Waals surface area (Å²) in [5.41, 5.74) is -0.966. The van der Waals surface area contributed by atoms with Crippen molar-refractivity contribution in [3.8, 4) is 0 Å². The highest BCUT2D eigenvalue weighted by molar-refractivity contribution is 7.92. The summed E-state index contributed by atoms with van der Waals surface area (Å²) < 4.78 is 64.3. The van der Waals surface area contributed by atoms with Gasteiger partial charge in [0.1, 0.15) is 6.04 Å². The number of carbonyl (C=O) groups is 1. The maximum absolute atomic E-state index is 12.9. The van der Waals surface area contributed by atoms with Gasteiger partial charge in [0.05, 0.1) is 28.2 Å². The molecular formula is C18H18ClF3N2O3S. The van der Waals surface area contributed by atoms with Crippen LogP contribution in [0, 0.1) is 0 Å². The van der Waals surface area contributed by atoms with Gasteiger partial charge >= 0.3 is 6.18 Å². The van der Waals surface area contributed by atoms with E-state index in [1.54, 1.807) is 25.1 Å². The summed E-state index contributed by atoms with van der Waals surface area (Å²) in [7, 11) is -3.85. The first-order valence-corrected chi connectivity index (χ1v) is 10.4. The Bertz CT molecular complexity index is 950. The Morgan fingerprint density at radius 1 is 1.18 bits per heavy atom. The molecule has 0 spiro atoms. The van der Waals surface area contributed by atoms with Crippen molar-refractivity contribution < 1.29 is 26.4 Å². The number of hydrogen-bond donors (Lipinski definition) is 1. The highest BCUT2D eigenvalue weighted by Gasteiger charge is 2.33. The number of nitrogens with one attached hydrogen (secondary N) is 1. The second-order valence-corrected chi connectivity index (χ2v) is 8.27. The number of rotatable bonds is 6. The zero-order chi connectivity index (χ0) is 21.1. The van der Waals surface area contributed by atoms with E-state index in [9.17, 15) is 26.4 Å². The lowest BCUT2D eigenvalue weighted by Crippen LogP contribution is -2.47. The number of amides is 1. The minimum atomic E-state index is -4.61. The van der Waals surface area contributed by atoms with Crippen molar-refractivity contribution in [2.45, 2.75) is 25.6 Å². The fourth-order valence-electron chi connectivity index (χ4n) is 2.65. The van der Waals surface area contributed by atoms with Crippen molar-refractivity contribution in [2.75, 3.05) is 15.9 Å². The number of alkyl halides is 3. The minimum Gasteiger partial charge on any atom is -0.323 e. The van der Waals surface area contributed by atoms with Gasteiger partial charge in [0.15, 0.2) is 0 Å². The quantitative estimate of drug-likeness (QED) is 0.725. The molecule has 1 N–H and O–H groups in total. The van der Waals surface area contributed by atoms with Crippen molar-refractivity contribution in [3.63, 3.8) is 0 Å². The Labute approximate surface area is 166 Å². The van der Waals surface area contributed by atoms with E-state index in [0.29, 0.717) is 6.07 Å². The van der Waals surface area contributed by atoms with Gasteiger partial charge in [-0.1, -0.05) is 36.7 Å². The molecule has 0 bridgehead atoms. The summed E-state index contributed by atoms with van der Waals surface area (Å²) in [6.45, 7) is 1.60. The molecule has 2 aromatic rings. The predicted molar refractivity (Wildman–Crippen MR) is 103 cm³/mol. The van der Waals surface area contributed by atoms with Crippen molar-refractivity contribution in [1.82, 2.24) is 0 Å². The minimum absolute atomic E-state index is 0.0877. The lowest BCUT2D eigenvalue weighted by Gasteiger charge is -2.30. The second-order valence-electron chi connectivity index (χ2n) is 6.00. The monoisotopic (exact) mass is 434 g/mol. The predicted octanol–water partition coefficient (Wildman–Crippen LogP) is 4.54. The Kier molecular flexibility index (Phi) is 6.61. The van der Waals surface area contributed by atoms with E-state index in [2.05, 4.69) is 5.32 Å². The largest absolute Gasteiger partial charge is 0.416 e. The molecule has 1 atom stereocenters. The van der Waals surface area contributed by atoms with Gasteiger partial charge in [0.25, 0.3) is 0 Å². The van der Waals surface area contributed by atoms with Crippen molar-refractivity contribution in [3.05, 3.63) is 59.1 Å². The molecule has 1 unspecified atom stereocenters. The van der Waals surface area contributed by atoms with E-state index >= 15 is 0 Å². The zero-order valence-electron chi connectivity index (χ0n) is 15.0. The van der Waals surface area contributed by atoms with Gasteiger partial charge < -0.3 is 5.32 Å². The molecule has 5 nitrogen and oxygen atoms in total. The van der Waals surface area contributed by atoms with E-state index in [4.69, 9.17) is 11.6 Å². The third kappa shape index (κ3) is 5.17. The van der Waals surface area contributed by atoms with Crippen molar-refractivity contribution in [2.24, 2.45) is 0 Å². The molecule has 28 heavy (non-hydrogen) atoms. The Hall–Kier alpha value is -2.26. The van der Waals surface area contributed by atoms with Crippen LogP contribution in [0.5, 0.6) is 0 Å². The maximum Gasteiger partial charge on any atom is 0.416 e. The number of halogens is 4. The zero-order valence-corrected chi connectivity index (χ0v) is 16.6. The van der Waals surface area contributed by atoms with Crippen LogP contribution in [0.3, 0.4) is 0 Å². The Balaban J connectivity index is 2.40. The van der Waals surface area contributed by atoms with Crippen LogP contribution >= 0.6 is 11.6 Å². The van der Waals surface area contributed by atoms with Crippen LogP contribution in [0.25, 0.3) is 0 Å². The fraction of sp³-hybridized carbons (Fsp3) is 0.278. The number of nitrogens with zero attached hydrogens (tertiary/aromatic N) is 1. The van der Waals surface area contributed by atoms with E-state index in [-0.39, 0.29) is 22.8 Å². The van der Waals surface area contributed by atoms with Gasteiger partial charge in [-0.2, -0.15) is 13.2 Å². The van der Waals surface area contributed by atoms with E-state index in [0.717, 1.165) is 22.7 Å². The Morgan fingerprint density at radius 2 is 1.79 bits per heavy atom. The molecule has 152 valence electrons. The van der Waals surface area contributed by atoms with E-state index < -0.39 is 33.7 Å². The van der Waals surface area contributed by atoms with Crippen LogP contribution < -0.4 is 9.62 Å². The highest BCUT2D eigenvalue weighted by atomic mass is 35.5. The molecule has 0 aliphatic carbocycles. The van der Waals surface area contributed by atoms with Gasteiger partial charge in [-0.3, -0.25) is 9.10 Å². The molecule has 10 heteroatoms. The SMILES string of the molecule is CCC(C(=O)Nc1cc(C(F)(F)F)ccc1Cl)N(c1ccccc1)S(C)(=O)=O. The van der Waals surface area contributed by atoms with E-state index in [1.165, 1.54) is 12.1 Å². The van der Waals surface area contributed by atoms with Crippen LogP contribution in [-0.4, -0.2) is 26.6 Å². The number of sulfonamides is 1. The first kappa shape index (κ1) is 22.0. The average molecular weight is 435 g/mol. The van der Waals surface area contributed by atoms with Crippen LogP contribution in [0.4, 0.5) is 24.5 Å². The molecule has 0 radical (unpaired) electrons. The summed E-state index contributed by atoms with van der Waals surface area (Å²) in [5.74, 6) is -0.794. The summed E-state index contributed by atoms with van der Waals surface area (Å²) in [6, 6.07) is 9.30. The van der Waals surface area contributed by atoms with Crippen molar-refractivity contribution >= 4 is 38.9 Å². The summed E-state index contributed by atoms with van der Waals surface area (Å²) in [4.78, 5) is 12.8. The molecule has 0 fully saturated rings. The van der Waals surface area contributed by atoms with Gasteiger partial charge in [0.2, 0.25) is 15.9 Å². The van der Waals surface area contributed by atoms with Crippen LogP contribution in [0.15, 0.2) is 48.5 Å². The van der Waals surface area contributed by atoms with Crippen LogP contribution in [0.1, 0.15) is 18.9 Å². The molecule has 0 aliphatic rings. The molecule has 1 amide bonds. The number of carbonyl (C=O) groups excluding carboxylic acids is 1. The molecule has 0 heterocycles. The summed E-state index contributed by atoms with van der Waals surface area (Å²) >= 11 is 5.91. The van der Waals surface area contributed by atoms with Crippen LogP contribution in [-0.2, 0) is 21.0 Å². The number of hydrogen-bond acceptors (Lipinski definition) is 3. The highest BCUT2D eigenvalue weighted by Crippen LogP contribution is 2.34. The summed E-state index contributed by atoms with van der Waals surface area (Å²) in [6.07, 6.45) is -3.57. The molecule has 0 saturated carbocycles. The lowest BCUT2D eigenvalue weighted by molar-refractivity contribution is -0.137. The van der Waals surface area contributed by atoms with Crippen molar-refractivity contribution in [1.29, 1.82) is 0 Å². The van der Waals surface area contributed by atoms with E-state index in [1.807, 2.05) is 0 Å². The van der Waals surface area contributed by atoms with Gasteiger partial charge in [0, 0.05) is 0 Å². The number of anilines is 2. The third-order valence-electron chi connectivity index (χ3n) is 3.89. The average Bonchev–Trinajstić information content (AvgIpc) is 2.60. The maximum atomic E-state index is 12.9. The summed E-state index contributed by atoms with van der Waals surface area (Å²) in [5, 5.41) is 2.22. The van der Waals surface area contributed by atoms with Gasteiger partial charge in [-0.05, 0) is 36.8 Å². The molecular weight excluding hydrogens is 417 g/mol. The number of para-hydroxylation sites is 1. The molecule has 0 aliphatic heterocycles. The smallest absolute Gasteiger partial charge is 0.323 e. The fourth-order valence-corrected chi connectivity index (χ4v) is 4.03. The molecule has 0 aromatic heterocycles.